The molecular weight excluding hydrogens is 525 g/mol. The third kappa shape index (κ3) is 5.80. The van der Waals surface area contributed by atoms with Crippen molar-refractivity contribution in [2.24, 2.45) is 0 Å². The lowest BCUT2D eigenvalue weighted by Gasteiger charge is -2.36. The van der Waals surface area contributed by atoms with Crippen molar-refractivity contribution in [3.63, 3.8) is 0 Å². The molecule has 3 aromatic rings. The molecule has 5 rings (SSSR count). The average molecular weight is 554 g/mol. The molecule has 1 N–H and O–H groups in total. The molecule has 2 aliphatic rings. The number of cyclic esters (lactones) is 1. The van der Waals surface area contributed by atoms with Crippen molar-refractivity contribution in [1.82, 2.24) is 24.6 Å². The van der Waals surface area contributed by atoms with Crippen LogP contribution in [0.4, 0.5) is 20.6 Å². The zero-order valence-electron chi connectivity index (χ0n) is 21.8. The van der Waals surface area contributed by atoms with E-state index >= 15 is 4.39 Å². The Labute approximate surface area is 228 Å². The summed E-state index contributed by atoms with van der Waals surface area (Å²) in [5, 5.41) is 2.60. The fraction of sp³-hybridized carbons (Fsp3) is 0.385. The molecule has 2 fully saturated rings. The van der Waals surface area contributed by atoms with E-state index in [0.29, 0.717) is 49.6 Å². The van der Waals surface area contributed by atoms with Crippen molar-refractivity contribution in [3.05, 3.63) is 54.5 Å². The minimum atomic E-state index is -0.598. The number of rotatable bonds is 8. The molecule has 2 saturated heterocycles. The number of imidazole rings is 1. The number of nitrogens with one attached hydrogen (secondary N) is 1. The summed E-state index contributed by atoms with van der Waals surface area (Å²) >= 11 is 0. The predicted octanol–water partition coefficient (Wildman–Crippen LogP) is 1.23. The molecule has 1 atom stereocenters. The number of carbonyl (C=O) groups is 4. The topological polar surface area (TPSA) is 139 Å². The first-order chi connectivity index (χ1) is 19.3. The predicted molar refractivity (Wildman–Crippen MR) is 139 cm³/mol. The van der Waals surface area contributed by atoms with E-state index in [1.165, 1.54) is 24.3 Å². The van der Waals surface area contributed by atoms with Crippen molar-refractivity contribution in [1.29, 1.82) is 0 Å². The van der Waals surface area contributed by atoms with E-state index in [1.807, 2.05) is 4.90 Å². The lowest BCUT2D eigenvalue weighted by Crippen LogP contribution is -2.51. The summed E-state index contributed by atoms with van der Waals surface area (Å²) in [7, 11) is 1.29. The van der Waals surface area contributed by atoms with Gasteiger partial charge in [-0.25, -0.2) is 14.2 Å². The van der Waals surface area contributed by atoms with Crippen molar-refractivity contribution in [2.45, 2.75) is 18.9 Å². The van der Waals surface area contributed by atoms with E-state index in [9.17, 15) is 19.2 Å². The Morgan fingerprint density at radius 2 is 2.00 bits per heavy atom. The molecule has 0 saturated carbocycles. The molecular formula is C26H28FN7O6. The van der Waals surface area contributed by atoms with Crippen LogP contribution in [0.1, 0.15) is 23.3 Å². The fourth-order valence-corrected chi connectivity index (χ4v) is 4.69. The maximum Gasteiger partial charge on any atom is 0.414 e. The minimum Gasteiger partial charge on any atom is -0.469 e. The van der Waals surface area contributed by atoms with E-state index in [-0.39, 0.29) is 31.1 Å². The molecule has 210 valence electrons. The molecule has 1 aromatic carbocycles. The number of nitrogens with zero attached hydrogens (tertiary/aromatic N) is 6. The number of fused-ring (bicyclic) bond motifs is 1. The van der Waals surface area contributed by atoms with Gasteiger partial charge in [0, 0.05) is 51.2 Å². The van der Waals surface area contributed by atoms with Crippen LogP contribution in [-0.4, -0.2) is 95.6 Å². The standard InChI is InChI=1S/C26H28FN7O6/c1-39-24(36)5-3-18-15-34(26(38)40-18)17-2-4-21(19(27)12-17)31-8-10-32(11-9-31)23(35)14-29-25(37)20-16-33-7-6-28-13-22(33)30-20/h2,4,6-7,12-13,16,18H,3,5,8-11,14-15H2,1H3,(H,29,37)/t18-/m0/s1. The quantitative estimate of drug-likeness (QED) is 0.408. The van der Waals surface area contributed by atoms with Crippen molar-refractivity contribution in [2.75, 3.05) is 56.2 Å². The van der Waals surface area contributed by atoms with Gasteiger partial charge in [0.25, 0.3) is 5.91 Å². The molecule has 0 unspecified atom stereocenters. The van der Waals surface area contributed by atoms with Gasteiger partial charge < -0.3 is 29.0 Å². The summed E-state index contributed by atoms with van der Waals surface area (Å²) in [6, 6.07) is 4.52. The van der Waals surface area contributed by atoms with Gasteiger partial charge in [-0.2, -0.15) is 0 Å². The fourth-order valence-electron chi connectivity index (χ4n) is 4.69. The largest absolute Gasteiger partial charge is 0.469 e. The number of halogens is 1. The maximum absolute atomic E-state index is 15.1. The smallest absolute Gasteiger partial charge is 0.414 e. The number of hydrogen-bond donors (Lipinski definition) is 1. The molecule has 14 heteroatoms. The summed E-state index contributed by atoms with van der Waals surface area (Å²) in [6.45, 7) is 1.54. The number of benzene rings is 1. The van der Waals surface area contributed by atoms with Crippen LogP contribution in [0.3, 0.4) is 0 Å². The molecule has 0 spiro atoms. The first-order valence-corrected chi connectivity index (χ1v) is 12.8. The lowest BCUT2D eigenvalue weighted by atomic mass is 10.1. The number of piperazine rings is 1. The summed E-state index contributed by atoms with van der Waals surface area (Å²) in [4.78, 5) is 61.7. The Morgan fingerprint density at radius 1 is 1.20 bits per heavy atom. The Morgan fingerprint density at radius 3 is 2.73 bits per heavy atom. The third-order valence-electron chi connectivity index (χ3n) is 6.89. The van der Waals surface area contributed by atoms with Gasteiger partial charge in [0.05, 0.1) is 37.8 Å². The number of aromatic nitrogens is 3. The second-order valence-corrected chi connectivity index (χ2v) is 9.39. The summed E-state index contributed by atoms with van der Waals surface area (Å²) in [6.07, 6.45) is 5.70. The van der Waals surface area contributed by atoms with E-state index in [4.69, 9.17) is 4.74 Å². The molecule has 0 bridgehead atoms. The second-order valence-electron chi connectivity index (χ2n) is 9.39. The van der Waals surface area contributed by atoms with Crippen LogP contribution in [0.15, 0.2) is 43.0 Å². The van der Waals surface area contributed by atoms with E-state index in [2.05, 4.69) is 20.0 Å². The van der Waals surface area contributed by atoms with E-state index < -0.39 is 29.9 Å². The van der Waals surface area contributed by atoms with Gasteiger partial charge >= 0.3 is 12.1 Å². The Kier molecular flexibility index (Phi) is 7.75. The van der Waals surface area contributed by atoms with Gasteiger partial charge in [0.15, 0.2) is 5.65 Å². The molecule has 2 aromatic heterocycles. The number of methoxy groups -OCH3 is 1. The molecule has 0 aliphatic carbocycles. The maximum atomic E-state index is 15.1. The molecule has 4 heterocycles. The highest BCUT2D eigenvalue weighted by Crippen LogP contribution is 2.29. The lowest BCUT2D eigenvalue weighted by molar-refractivity contribution is -0.141. The number of esters is 1. The Balaban J connectivity index is 1.11. The second kappa shape index (κ2) is 11.6. The van der Waals surface area contributed by atoms with Crippen LogP contribution < -0.4 is 15.1 Å². The van der Waals surface area contributed by atoms with Crippen molar-refractivity contribution in [3.8, 4) is 0 Å². The SMILES string of the molecule is COC(=O)CC[C@H]1CN(c2ccc(N3CCN(C(=O)CNC(=O)c4cn5ccncc5n4)CC3)c(F)c2)C(=O)O1. The van der Waals surface area contributed by atoms with E-state index in [0.717, 1.165) is 0 Å². The zero-order valence-corrected chi connectivity index (χ0v) is 21.8. The van der Waals surface area contributed by atoms with Crippen LogP contribution in [0.2, 0.25) is 0 Å². The zero-order chi connectivity index (χ0) is 28.2. The van der Waals surface area contributed by atoms with Crippen molar-refractivity contribution < 1.29 is 33.0 Å². The molecule has 40 heavy (non-hydrogen) atoms. The Bertz CT molecular complexity index is 1400. The Hall–Kier alpha value is -4.75. The van der Waals surface area contributed by atoms with Gasteiger partial charge in [-0.1, -0.05) is 0 Å². The van der Waals surface area contributed by atoms with Crippen LogP contribution in [0.5, 0.6) is 0 Å². The highest BCUT2D eigenvalue weighted by molar-refractivity contribution is 5.95. The number of amides is 3. The van der Waals surface area contributed by atoms with Crippen LogP contribution in [0, 0.1) is 5.82 Å². The first-order valence-electron chi connectivity index (χ1n) is 12.8. The normalized spacial score (nSPS) is 17.2. The third-order valence-corrected chi connectivity index (χ3v) is 6.89. The van der Waals surface area contributed by atoms with Gasteiger partial charge in [-0.3, -0.25) is 24.3 Å². The summed E-state index contributed by atoms with van der Waals surface area (Å²) in [5.74, 6) is -1.60. The number of carbonyl (C=O) groups excluding carboxylic acids is 4. The van der Waals surface area contributed by atoms with E-state index in [1.54, 1.807) is 40.0 Å². The molecule has 13 nitrogen and oxygen atoms in total. The van der Waals surface area contributed by atoms with Crippen molar-refractivity contribution >= 4 is 40.9 Å². The summed E-state index contributed by atoms with van der Waals surface area (Å²) in [5.41, 5.74) is 1.43. The molecule has 3 amide bonds. The number of anilines is 2. The number of hydrogen-bond acceptors (Lipinski definition) is 9. The van der Waals surface area contributed by atoms with Gasteiger partial charge in [0.2, 0.25) is 5.91 Å². The molecule has 0 radical (unpaired) electrons. The monoisotopic (exact) mass is 553 g/mol. The highest BCUT2D eigenvalue weighted by Gasteiger charge is 2.33. The minimum absolute atomic E-state index is 0.121. The van der Waals surface area contributed by atoms with Crippen LogP contribution >= 0.6 is 0 Å². The molecule has 2 aliphatic heterocycles. The summed E-state index contributed by atoms with van der Waals surface area (Å²) < 4.78 is 26.7. The first kappa shape index (κ1) is 26.8. The van der Waals surface area contributed by atoms with Crippen LogP contribution in [0.25, 0.3) is 5.65 Å². The van der Waals surface area contributed by atoms with Gasteiger partial charge in [-0.05, 0) is 24.6 Å². The van der Waals surface area contributed by atoms with Gasteiger partial charge in [-0.15, -0.1) is 0 Å². The highest BCUT2D eigenvalue weighted by atomic mass is 19.1. The number of ether oxygens (including phenoxy) is 2. The van der Waals surface area contributed by atoms with Gasteiger partial charge in [0.1, 0.15) is 17.6 Å². The van der Waals surface area contributed by atoms with Crippen LogP contribution in [-0.2, 0) is 19.1 Å². The average Bonchev–Trinajstić information content (AvgIpc) is 3.58.